The fraction of sp³-hybridized carbons (Fsp3) is 0.647. The number of ether oxygens (including phenoxy) is 2. The highest BCUT2D eigenvalue weighted by atomic mass is 35.5. The van der Waals surface area contributed by atoms with Crippen LogP contribution >= 0.6 is 11.6 Å². The van der Waals surface area contributed by atoms with E-state index < -0.39 is 0 Å². The molecule has 8 heteroatoms. The zero-order valence-corrected chi connectivity index (χ0v) is 15.0. The SMILES string of the molecule is CCC1COCCN1C(=O)[C@@H]1CO[C@H](CNC(=O)c2ccc(Cl)o2)C1. The van der Waals surface area contributed by atoms with Gasteiger partial charge < -0.3 is 24.1 Å². The Morgan fingerprint density at radius 2 is 2.20 bits per heavy atom. The molecule has 2 aliphatic rings. The standard InChI is InChI=1S/C17H23ClN2O5/c1-2-12-10-23-6-5-20(12)17(22)11-7-13(24-9-11)8-19-16(21)14-3-4-15(18)25-14/h3-4,11-13H,2,5-10H2,1H3,(H,19,21)/t11-,12?,13-/m0/s1. The van der Waals surface area contributed by atoms with E-state index in [0.29, 0.717) is 39.3 Å². The van der Waals surface area contributed by atoms with E-state index in [4.69, 9.17) is 25.5 Å². The summed E-state index contributed by atoms with van der Waals surface area (Å²) in [7, 11) is 0. The second kappa shape index (κ2) is 8.21. The maximum atomic E-state index is 12.8. The Kier molecular flexibility index (Phi) is 5.98. The maximum Gasteiger partial charge on any atom is 0.287 e. The zero-order chi connectivity index (χ0) is 17.8. The van der Waals surface area contributed by atoms with Crippen LogP contribution in [0.5, 0.6) is 0 Å². The number of morpholine rings is 1. The van der Waals surface area contributed by atoms with Gasteiger partial charge in [-0.05, 0) is 36.6 Å². The fourth-order valence-electron chi connectivity index (χ4n) is 3.27. The Bertz CT molecular complexity index is 620. The molecule has 1 aromatic heterocycles. The Labute approximate surface area is 151 Å². The first-order chi connectivity index (χ1) is 12.1. The number of amides is 2. The molecule has 3 atom stereocenters. The van der Waals surface area contributed by atoms with E-state index in [9.17, 15) is 9.59 Å². The van der Waals surface area contributed by atoms with Crippen molar-refractivity contribution in [3.8, 4) is 0 Å². The fourth-order valence-corrected chi connectivity index (χ4v) is 3.41. The molecule has 1 N–H and O–H groups in total. The summed E-state index contributed by atoms with van der Waals surface area (Å²) < 4.78 is 16.2. The molecule has 0 radical (unpaired) electrons. The summed E-state index contributed by atoms with van der Waals surface area (Å²) >= 11 is 5.66. The summed E-state index contributed by atoms with van der Waals surface area (Å²) in [6, 6.07) is 3.18. The van der Waals surface area contributed by atoms with Crippen molar-refractivity contribution in [2.24, 2.45) is 5.92 Å². The van der Waals surface area contributed by atoms with Crippen molar-refractivity contribution >= 4 is 23.4 Å². The summed E-state index contributed by atoms with van der Waals surface area (Å²) in [6.07, 6.45) is 1.31. The van der Waals surface area contributed by atoms with Crippen molar-refractivity contribution in [3.63, 3.8) is 0 Å². The van der Waals surface area contributed by atoms with Crippen LogP contribution in [0.4, 0.5) is 0 Å². The minimum absolute atomic E-state index is 0.127. The van der Waals surface area contributed by atoms with Gasteiger partial charge in [0.2, 0.25) is 5.91 Å². The maximum absolute atomic E-state index is 12.8. The molecule has 7 nitrogen and oxygen atoms in total. The van der Waals surface area contributed by atoms with Gasteiger partial charge in [0, 0.05) is 13.1 Å². The minimum atomic E-state index is -0.343. The lowest BCUT2D eigenvalue weighted by atomic mass is 10.0. The molecule has 0 aromatic carbocycles. The second-order valence-electron chi connectivity index (χ2n) is 6.37. The molecular weight excluding hydrogens is 348 g/mol. The summed E-state index contributed by atoms with van der Waals surface area (Å²) in [4.78, 5) is 26.6. The van der Waals surface area contributed by atoms with Gasteiger partial charge in [0.05, 0.1) is 37.9 Å². The van der Waals surface area contributed by atoms with Gasteiger partial charge in [-0.2, -0.15) is 0 Å². The second-order valence-corrected chi connectivity index (χ2v) is 6.74. The molecule has 2 saturated heterocycles. The number of nitrogens with one attached hydrogen (secondary N) is 1. The number of carbonyl (C=O) groups excluding carboxylic acids is 2. The van der Waals surface area contributed by atoms with Crippen LogP contribution in [0.15, 0.2) is 16.5 Å². The summed E-state index contributed by atoms with van der Waals surface area (Å²) in [6.45, 7) is 4.60. The van der Waals surface area contributed by atoms with Gasteiger partial charge in [0.25, 0.3) is 5.91 Å². The van der Waals surface area contributed by atoms with Crippen molar-refractivity contribution in [2.45, 2.75) is 31.9 Å². The molecule has 2 amide bonds. The van der Waals surface area contributed by atoms with Gasteiger partial charge in [-0.1, -0.05) is 6.92 Å². The summed E-state index contributed by atoms with van der Waals surface area (Å²) in [5.41, 5.74) is 0. The van der Waals surface area contributed by atoms with Crippen LogP contribution in [0.2, 0.25) is 5.22 Å². The van der Waals surface area contributed by atoms with E-state index in [1.807, 2.05) is 4.90 Å². The molecule has 2 fully saturated rings. The van der Waals surface area contributed by atoms with E-state index in [-0.39, 0.29) is 40.9 Å². The van der Waals surface area contributed by atoms with E-state index in [1.165, 1.54) is 12.1 Å². The molecule has 0 spiro atoms. The first-order valence-electron chi connectivity index (χ1n) is 8.61. The van der Waals surface area contributed by atoms with Crippen molar-refractivity contribution in [3.05, 3.63) is 23.1 Å². The largest absolute Gasteiger partial charge is 0.440 e. The predicted octanol–water partition coefficient (Wildman–Crippen LogP) is 1.71. The first-order valence-corrected chi connectivity index (χ1v) is 8.99. The van der Waals surface area contributed by atoms with Crippen molar-refractivity contribution in [2.75, 3.05) is 32.9 Å². The predicted molar refractivity (Wildman–Crippen MR) is 90.5 cm³/mol. The Morgan fingerprint density at radius 1 is 1.36 bits per heavy atom. The topological polar surface area (TPSA) is 81.0 Å². The molecule has 3 heterocycles. The van der Waals surface area contributed by atoms with Crippen LogP contribution in [0.1, 0.15) is 30.3 Å². The first kappa shape index (κ1) is 18.2. The Balaban J connectivity index is 1.48. The zero-order valence-electron chi connectivity index (χ0n) is 14.2. The summed E-state index contributed by atoms with van der Waals surface area (Å²) in [5.74, 6) is -0.215. The molecule has 1 aromatic rings. The molecule has 2 aliphatic heterocycles. The number of furan rings is 1. The Hall–Kier alpha value is -1.57. The minimum Gasteiger partial charge on any atom is -0.440 e. The molecule has 3 rings (SSSR count). The number of halogens is 1. The highest BCUT2D eigenvalue weighted by molar-refractivity contribution is 6.29. The lowest BCUT2D eigenvalue weighted by Crippen LogP contribution is -2.50. The van der Waals surface area contributed by atoms with E-state index in [2.05, 4.69) is 12.2 Å². The molecular formula is C17H23ClN2O5. The highest BCUT2D eigenvalue weighted by Crippen LogP contribution is 2.24. The molecule has 1 unspecified atom stereocenters. The van der Waals surface area contributed by atoms with Gasteiger partial charge in [-0.3, -0.25) is 9.59 Å². The lowest BCUT2D eigenvalue weighted by Gasteiger charge is -2.36. The van der Waals surface area contributed by atoms with Gasteiger partial charge >= 0.3 is 0 Å². The van der Waals surface area contributed by atoms with Crippen LogP contribution in [0.25, 0.3) is 0 Å². The van der Waals surface area contributed by atoms with Gasteiger partial charge in [0.1, 0.15) is 0 Å². The van der Waals surface area contributed by atoms with E-state index in [0.717, 1.165) is 6.42 Å². The molecule has 25 heavy (non-hydrogen) atoms. The van der Waals surface area contributed by atoms with Gasteiger partial charge in [-0.15, -0.1) is 0 Å². The summed E-state index contributed by atoms with van der Waals surface area (Å²) in [5, 5.41) is 2.92. The van der Waals surface area contributed by atoms with Crippen LogP contribution in [-0.4, -0.2) is 61.8 Å². The number of carbonyl (C=O) groups is 2. The van der Waals surface area contributed by atoms with E-state index in [1.54, 1.807) is 0 Å². The Morgan fingerprint density at radius 3 is 2.92 bits per heavy atom. The van der Waals surface area contributed by atoms with Crippen LogP contribution < -0.4 is 5.32 Å². The van der Waals surface area contributed by atoms with Crippen LogP contribution in [0.3, 0.4) is 0 Å². The van der Waals surface area contributed by atoms with Gasteiger partial charge in [-0.25, -0.2) is 0 Å². The van der Waals surface area contributed by atoms with Crippen molar-refractivity contribution in [1.82, 2.24) is 10.2 Å². The van der Waals surface area contributed by atoms with Crippen molar-refractivity contribution < 1.29 is 23.5 Å². The third kappa shape index (κ3) is 4.34. The van der Waals surface area contributed by atoms with Crippen molar-refractivity contribution in [1.29, 1.82) is 0 Å². The third-order valence-corrected chi connectivity index (χ3v) is 4.90. The molecule has 0 saturated carbocycles. The molecule has 138 valence electrons. The van der Waals surface area contributed by atoms with Gasteiger partial charge in [0.15, 0.2) is 11.0 Å². The normalized spacial score (nSPS) is 26.6. The van der Waals surface area contributed by atoms with Crippen LogP contribution in [0, 0.1) is 5.92 Å². The number of rotatable bonds is 5. The molecule has 0 aliphatic carbocycles. The lowest BCUT2D eigenvalue weighted by molar-refractivity contribution is -0.144. The van der Waals surface area contributed by atoms with E-state index >= 15 is 0 Å². The molecule has 0 bridgehead atoms. The average Bonchev–Trinajstić information content (AvgIpc) is 3.28. The quantitative estimate of drug-likeness (QED) is 0.853. The number of nitrogens with zero attached hydrogens (tertiary/aromatic N) is 1. The smallest absolute Gasteiger partial charge is 0.287 e. The monoisotopic (exact) mass is 370 g/mol. The van der Waals surface area contributed by atoms with Crippen LogP contribution in [-0.2, 0) is 14.3 Å². The number of hydrogen-bond donors (Lipinski definition) is 1. The average molecular weight is 371 g/mol. The highest BCUT2D eigenvalue weighted by Gasteiger charge is 2.36. The number of hydrogen-bond acceptors (Lipinski definition) is 5. The third-order valence-electron chi connectivity index (χ3n) is 4.70.